The van der Waals surface area contributed by atoms with E-state index in [0.29, 0.717) is 13.0 Å². The van der Waals surface area contributed by atoms with Gasteiger partial charge in [-0.2, -0.15) is 5.10 Å². The van der Waals surface area contributed by atoms with E-state index in [4.69, 9.17) is 0 Å². The van der Waals surface area contributed by atoms with Crippen LogP contribution in [0.2, 0.25) is 0 Å². The number of nitrogens with zero attached hydrogens (tertiary/aromatic N) is 2. The first-order valence-electron chi connectivity index (χ1n) is 5.01. The largest absolute Gasteiger partial charge is 0.388 e. The molecule has 1 unspecified atom stereocenters. The molecule has 1 aromatic heterocycles. The topological polar surface area (TPSA) is 50.1 Å². The first-order chi connectivity index (χ1) is 6.59. The van der Waals surface area contributed by atoms with E-state index in [-0.39, 0.29) is 0 Å². The molecule has 1 atom stereocenters. The Kier molecular flexibility index (Phi) is 2.33. The summed E-state index contributed by atoms with van der Waals surface area (Å²) in [5.41, 5.74) is 1.61. The molecule has 1 aliphatic rings. The number of β-amino-alcohol motifs (C(OH)–C–C–N with tert-alkyl or cyclic N) is 1. The van der Waals surface area contributed by atoms with Crippen LogP contribution in [0.3, 0.4) is 0 Å². The van der Waals surface area contributed by atoms with Crippen LogP contribution in [-0.2, 0) is 13.5 Å². The highest BCUT2D eigenvalue weighted by Crippen LogP contribution is 2.21. The second-order valence-corrected chi connectivity index (χ2v) is 4.24. The smallest absolute Gasteiger partial charge is 0.0824 e. The summed E-state index contributed by atoms with van der Waals surface area (Å²) in [6.07, 6.45) is 3.53. The van der Waals surface area contributed by atoms with Crippen LogP contribution < -0.4 is 5.32 Å². The Hall–Kier alpha value is -0.870. The highest BCUT2D eigenvalue weighted by molar-refractivity contribution is 5.18. The van der Waals surface area contributed by atoms with Crippen LogP contribution in [-0.4, -0.2) is 33.6 Å². The molecule has 0 saturated carbocycles. The number of nitrogens with one attached hydrogen (secondary N) is 1. The zero-order valence-corrected chi connectivity index (χ0v) is 8.75. The van der Waals surface area contributed by atoms with Crippen LogP contribution in [0, 0.1) is 6.92 Å². The van der Waals surface area contributed by atoms with Gasteiger partial charge in [0.15, 0.2) is 0 Å². The van der Waals surface area contributed by atoms with Crippen molar-refractivity contribution in [2.24, 2.45) is 7.05 Å². The van der Waals surface area contributed by atoms with E-state index in [1.54, 1.807) is 4.68 Å². The van der Waals surface area contributed by atoms with Gasteiger partial charge < -0.3 is 10.4 Å². The quantitative estimate of drug-likeness (QED) is 0.698. The van der Waals surface area contributed by atoms with Crippen molar-refractivity contribution in [2.45, 2.75) is 25.4 Å². The second-order valence-electron chi connectivity index (χ2n) is 4.24. The number of hydrogen-bond acceptors (Lipinski definition) is 3. The molecule has 78 valence electrons. The summed E-state index contributed by atoms with van der Waals surface area (Å²) < 4.78 is 1.80. The molecule has 0 bridgehead atoms. The zero-order valence-electron chi connectivity index (χ0n) is 8.75. The third kappa shape index (κ3) is 1.81. The summed E-state index contributed by atoms with van der Waals surface area (Å²) in [6, 6.07) is 0. The molecule has 2 heterocycles. The fourth-order valence-corrected chi connectivity index (χ4v) is 2.06. The summed E-state index contributed by atoms with van der Waals surface area (Å²) in [5.74, 6) is 0. The average Bonchev–Trinajstić information content (AvgIpc) is 2.61. The molecule has 2 N–H and O–H groups in total. The Morgan fingerprint density at radius 2 is 2.50 bits per heavy atom. The van der Waals surface area contributed by atoms with E-state index in [0.717, 1.165) is 24.2 Å². The lowest BCUT2D eigenvalue weighted by Crippen LogP contribution is -2.33. The maximum absolute atomic E-state index is 10.2. The van der Waals surface area contributed by atoms with E-state index >= 15 is 0 Å². The first kappa shape index (κ1) is 9.68. The minimum atomic E-state index is -0.562. The SMILES string of the molecule is Cc1nn(C)cc1CC1(O)CCNC1. The molecular weight excluding hydrogens is 178 g/mol. The lowest BCUT2D eigenvalue weighted by atomic mass is 9.94. The highest BCUT2D eigenvalue weighted by atomic mass is 16.3. The van der Waals surface area contributed by atoms with Gasteiger partial charge in [-0.05, 0) is 25.5 Å². The van der Waals surface area contributed by atoms with Crippen LogP contribution in [0.1, 0.15) is 17.7 Å². The minimum Gasteiger partial charge on any atom is -0.388 e. The predicted octanol–water partition coefficient (Wildman–Crippen LogP) is -0.00458. The average molecular weight is 195 g/mol. The van der Waals surface area contributed by atoms with Gasteiger partial charge in [-0.1, -0.05) is 0 Å². The number of rotatable bonds is 2. The molecule has 14 heavy (non-hydrogen) atoms. The van der Waals surface area contributed by atoms with E-state index < -0.39 is 5.60 Å². The van der Waals surface area contributed by atoms with E-state index in [9.17, 15) is 5.11 Å². The van der Waals surface area contributed by atoms with Crippen molar-refractivity contribution < 1.29 is 5.11 Å². The number of aromatic nitrogens is 2. The number of hydrogen-bond donors (Lipinski definition) is 2. The van der Waals surface area contributed by atoms with Gasteiger partial charge in [-0.25, -0.2) is 0 Å². The summed E-state index contributed by atoms with van der Waals surface area (Å²) in [6.45, 7) is 3.60. The molecule has 1 aliphatic heterocycles. The molecule has 2 rings (SSSR count). The lowest BCUT2D eigenvalue weighted by Gasteiger charge is -2.20. The van der Waals surface area contributed by atoms with Crippen molar-refractivity contribution in [3.8, 4) is 0 Å². The number of aliphatic hydroxyl groups is 1. The van der Waals surface area contributed by atoms with E-state index in [1.165, 1.54) is 0 Å². The maximum atomic E-state index is 10.2. The Balaban J connectivity index is 2.13. The van der Waals surface area contributed by atoms with Crippen molar-refractivity contribution >= 4 is 0 Å². The molecule has 4 heteroatoms. The van der Waals surface area contributed by atoms with Crippen molar-refractivity contribution in [3.05, 3.63) is 17.5 Å². The summed E-state index contributed by atoms with van der Waals surface area (Å²) in [4.78, 5) is 0. The van der Waals surface area contributed by atoms with Gasteiger partial charge in [0, 0.05) is 26.2 Å². The summed E-state index contributed by atoms with van der Waals surface area (Å²) >= 11 is 0. The normalized spacial score (nSPS) is 27.1. The number of aryl methyl sites for hydroxylation is 2. The van der Waals surface area contributed by atoms with Crippen molar-refractivity contribution in [1.29, 1.82) is 0 Å². The summed E-state index contributed by atoms with van der Waals surface area (Å²) in [7, 11) is 1.91. The lowest BCUT2D eigenvalue weighted by molar-refractivity contribution is 0.0617. The predicted molar refractivity (Wildman–Crippen MR) is 54.1 cm³/mol. The molecular formula is C10H17N3O. The van der Waals surface area contributed by atoms with Gasteiger partial charge in [0.25, 0.3) is 0 Å². The van der Waals surface area contributed by atoms with Gasteiger partial charge >= 0.3 is 0 Å². The molecule has 0 aliphatic carbocycles. The van der Waals surface area contributed by atoms with Crippen molar-refractivity contribution in [1.82, 2.24) is 15.1 Å². The Labute approximate surface area is 83.9 Å². The van der Waals surface area contributed by atoms with Crippen molar-refractivity contribution in [2.75, 3.05) is 13.1 Å². The molecule has 0 radical (unpaired) electrons. The summed E-state index contributed by atoms with van der Waals surface area (Å²) in [5, 5.41) is 17.6. The Morgan fingerprint density at radius 1 is 1.71 bits per heavy atom. The first-order valence-corrected chi connectivity index (χ1v) is 5.01. The van der Waals surface area contributed by atoms with E-state index in [2.05, 4.69) is 10.4 Å². The second kappa shape index (κ2) is 3.37. The van der Waals surface area contributed by atoms with Gasteiger partial charge in [-0.15, -0.1) is 0 Å². The fourth-order valence-electron chi connectivity index (χ4n) is 2.06. The van der Waals surface area contributed by atoms with Gasteiger partial charge in [0.1, 0.15) is 0 Å². The van der Waals surface area contributed by atoms with Gasteiger partial charge in [0.2, 0.25) is 0 Å². The standard InChI is InChI=1S/C10H17N3O/c1-8-9(6-13(2)12-8)5-10(14)3-4-11-7-10/h6,11,14H,3-5,7H2,1-2H3. The monoisotopic (exact) mass is 195 g/mol. The molecule has 4 nitrogen and oxygen atoms in total. The third-order valence-electron chi connectivity index (χ3n) is 2.86. The molecule has 1 saturated heterocycles. The fraction of sp³-hybridized carbons (Fsp3) is 0.700. The molecule has 0 spiro atoms. The third-order valence-corrected chi connectivity index (χ3v) is 2.86. The highest BCUT2D eigenvalue weighted by Gasteiger charge is 2.31. The van der Waals surface area contributed by atoms with Crippen LogP contribution in [0.5, 0.6) is 0 Å². The van der Waals surface area contributed by atoms with Crippen LogP contribution >= 0.6 is 0 Å². The van der Waals surface area contributed by atoms with E-state index in [1.807, 2.05) is 20.2 Å². The maximum Gasteiger partial charge on any atom is 0.0824 e. The Bertz CT molecular complexity index is 326. The Morgan fingerprint density at radius 3 is 3.00 bits per heavy atom. The molecule has 1 aromatic rings. The minimum absolute atomic E-state index is 0.562. The molecule has 0 aromatic carbocycles. The van der Waals surface area contributed by atoms with Gasteiger partial charge in [0.05, 0.1) is 11.3 Å². The van der Waals surface area contributed by atoms with Crippen LogP contribution in [0.25, 0.3) is 0 Å². The van der Waals surface area contributed by atoms with Crippen molar-refractivity contribution in [3.63, 3.8) is 0 Å². The molecule has 1 fully saturated rings. The van der Waals surface area contributed by atoms with Gasteiger partial charge in [-0.3, -0.25) is 4.68 Å². The van der Waals surface area contributed by atoms with Crippen LogP contribution in [0.4, 0.5) is 0 Å². The molecule has 0 amide bonds. The van der Waals surface area contributed by atoms with Crippen LogP contribution in [0.15, 0.2) is 6.20 Å². The zero-order chi connectivity index (χ0) is 10.2.